The summed E-state index contributed by atoms with van der Waals surface area (Å²) in [5.74, 6) is 0.550. The summed E-state index contributed by atoms with van der Waals surface area (Å²) in [6, 6.07) is 66.9. The van der Waals surface area contributed by atoms with Gasteiger partial charge in [-0.3, -0.25) is 0 Å². The molecule has 0 atom stereocenters. The van der Waals surface area contributed by atoms with Gasteiger partial charge in [-0.2, -0.15) is 0 Å². The van der Waals surface area contributed by atoms with Crippen molar-refractivity contribution in [3.8, 4) is 22.6 Å². The summed E-state index contributed by atoms with van der Waals surface area (Å²) in [7, 11) is -5.70. The van der Waals surface area contributed by atoms with Crippen molar-refractivity contribution in [3.63, 3.8) is 0 Å². The number of benzene rings is 8. The zero-order chi connectivity index (χ0) is 38.5. The Balaban J connectivity index is 1.54. The fourth-order valence-corrected chi connectivity index (χ4v) is 19.7. The molecule has 0 amide bonds. The predicted octanol–water partition coefficient (Wildman–Crippen LogP) is 9.61. The van der Waals surface area contributed by atoms with Gasteiger partial charge in [0.15, 0.2) is 16.1 Å². The van der Waals surface area contributed by atoms with E-state index < -0.39 is 16.1 Å². The second kappa shape index (κ2) is 16.2. The van der Waals surface area contributed by atoms with Crippen molar-refractivity contribution < 1.29 is 10.2 Å². The van der Waals surface area contributed by atoms with E-state index in [4.69, 9.17) is 0 Å². The number of phenolic OH excluding ortho intramolecular Hbond substituents is 2. The monoisotopic (exact) mass is 762 g/mol. The van der Waals surface area contributed by atoms with Crippen LogP contribution in [0.15, 0.2) is 182 Å². The Hall–Kier alpha value is -5.69. The Kier molecular flexibility index (Phi) is 10.8. The molecule has 0 spiro atoms. The van der Waals surface area contributed by atoms with E-state index in [1.165, 1.54) is 20.7 Å². The first-order valence-electron chi connectivity index (χ1n) is 20.3. The Labute approximate surface area is 333 Å². The number of aromatic hydroxyl groups is 2. The summed E-state index contributed by atoms with van der Waals surface area (Å²) in [6.07, 6.45) is 4.15. The van der Waals surface area contributed by atoms with Gasteiger partial charge in [-0.05, 0) is 64.8 Å². The molecule has 0 fully saturated rings. The minimum Gasteiger partial charge on any atom is -0.507 e. The average molecular weight is 763 g/mol. The number of rotatable bonds is 13. The van der Waals surface area contributed by atoms with E-state index in [1.54, 1.807) is 0 Å². The van der Waals surface area contributed by atoms with Gasteiger partial charge in [-0.15, -0.1) is 0 Å². The van der Waals surface area contributed by atoms with Gasteiger partial charge in [-0.1, -0.05) is 222 Å². The van der Waals surface area contributed by atoms with Crippen LogP contribution < -0.4 is 31.1 Å². The molecule has 2 N–H and O–H groups in total. The molecule has 0 bridgehead atoms. The molecule has 0 radical (unpaired) electrons. The summed E-state index contributed by atoms with van der Waals surface area (Å²) in [5.41, 5.74) is 1.43. The van der Waals surface area contributed by atoms with Crippen molar-refractivity contribution in [1.82, 2.24) is 0 Å². The molecule has 0 unspecified atom stereocenters. The lowest BCUT2D eigenvalue weighted by Gasteiger charge is -2.36. The molecule has 8 aromatic rings. The fourth-order valence-electron chi connectivity index (χ4n) is 9.41. The van der Waals surface area contributed by atoms with Crippen LogP contribution in [0.3, 0.4) is 0 Å². The lowest BCUT2D eigenvalue weighted by molar-refractivity contribution is 0.474. The molecule has 0 saturated carbocycles. The molecule has 4 heteroatoms. The number of phenols is 2. The van der Waals surface area contributed by atoms with Gasteiger partial charge in [0, 0.05) is 11.1 Å². The van der Waals surface area contributed by atoms with Crippen molar-refractivity contribution in [3.05, 3.63) is 182 Å². The van der Waals surface area contributed by atoms with Gasteiger partial charge >= 0.3 is 0 Å². The van der Waals surface area contributed by atoms with E-state index >= 15 is 0 Å². The molecule has 56 heavy (non-hydrogen) atoms. The van der Waals surface area contributed by atoms with Crippen LogP contribution in [0.5, 0.6) is 11.5 Å². The maximum absolute atomic E-state index is 13.4. The van der Waals surface area contributed by atoms with Crippen LogP contribution in [0, 0.1) is 0 Å². The zero-order valence-corrected chi connectivity index (χ0v) is 34.5. The largest absolute Gasteiger partial charge is 0.507 e. The lowest BCUT2D eigenvalue weighted by Crippen LogP contribution is -2.67. The van der Waals surface area contributed by atoms with E-state index in [0.717, 1.165) is 69.7 Å². The van der Waals surface area contributed by atoms with Crippen molar-refractivity contribution in [1.29, 1.82) is 0 Å². The summed E-state index contributed by atoms with van der Waals surface area (Å²) < 4.78 is 0. The molecule has 0 heterocycles. The SMILES string of the molecule is CCCC[Si](c1ccccc1)(c1ccccc1)c1cc2ccccc2c(-c2c(O)c([Si](CCCC)(c3ccccc3)c3ccccc3)cc3ccccc23)c1O. The van der Waals surface area contributed by atoms with Gasteiger partial charge in [0.2, 0.25) is 0 Å². The van der Waals surface area contributed by atoms with Crippen LogP contribution in [0.25, 0.3) is 32.7 Å². The lowest BCUT2D eigenvalue weighted by atomic mass is 9.92. The molecule has 0 aromatic heterocycles. The third-order valence-corrected chi connectivity index (χ3v) is 22.2. The van der Waals surface area contributed by atoms with Crippen LogP contribution in [0.4, 0.5) is 0 Å². The van der Waals surface area contributed by atoms with E-state index in [-0.39, 0.29) is 11.5 Å². The van der Waals surface area contributed by atoms with E-state index in [0.29, 0.717) is 11.1 Å². The highest BCUT2D eigenvalue weighted by atomic mass is 28.3. The van der Waals surface area contributed by atoms with Crippen LogP contribution in [0.1, 0.15) is 39.5 Å². The quantitative estimate of drug-likeness (QED) is 0.0908. The molecule has 0 aliphatic rings. The maximum Gasteiger partial charge on any atom is 0.153 e. The van der Waals surface area contributed by atoms with E-state index in [2.05, 4.69) is 196 Å². The standard InChI is InChI=1S/C52H50O2Si2/c1-3-5-35-55(41-25-11-7-12-26-41,42-27-13-8-14-28-42)47-37-39-23-19-21-33-45(39)49(51(47)53)50-46-34-22-20-24-40(46)38-48(52(50)54)56(36-6-4-2,43-29-15-9-16-30-43)44-31-17-10-18-32-44/h7-34,37-38,53-54H,3-6,35-36H2,1-2H3. The molecule has 278 valence electrons. The number of hydrogen-bond donors (Lipinski definition) is 2. The first kappa shape index (κ1) is 37.2. The normalized spacial score (nSPS) is 12.0. The Morgan fingerprint density at radius 2 is 0.661 bits per heavy atom. The molecular formula is C52H50O2Si2. The highest BCUT2D eigenvalue weighted by molar-refractivity contribution is 7.12. The molecular weight excluding hydrogens is 713 g/mol. The zero-order valence-electron chi connectivity index (χ0n) is 32.5. The molecule has 2 nitrogen and oxygen atoms in total. The van der Waals surface area contributed by atoms with Crippen LogP contribution in [-0.2, 0) is 0 Å². The summed E-state index contributed by atoms with van der Waals surface area (Å²) in [6.45, 7) is 4.51. The summed E-state index contributed by atoms with van der Waals surface area (Å²) >= 11 is 0. The second-order valence-electron chi connectivity index (χ2n) is 15.2. The van der Waals surface area contributed by atoms with Crippen molar-refractivity contribution in [2.45, 2.75) is 51.6 Å². The number of hydrogen-bond acceptors (Lipinski definition) is 2. The number of unbranched alkanes of at least 4 members (excludes halogenated alkanes) is 2. The fraction of sp³-hybridized carbons (Fsp3) is 0.154. The maximum atomic E-state index is 13.4. The first-order chi connectivity index (χ1) is 27.5. The smallest absolute Gasteiger partial charge is 0.153 e. The highest BCUT2D eigenvalue weighted by Gasteiger charge is 2.44. The van der Waals surface area contributed by atoms with Gasteiger partial charge in [-0.25, -0.2) is 0 Å². The van der Waals surface area contributed by atoms with E-state index in [1.807, 2.05) is 0 Å². The minimum absolute atomic E-state index is 0.275. The molecule has 0 saturated heterocycles. The second-order valence-corrected chi connectivity index (χ2v) is 23.2. The topological polar surface area (TPSA) is 40.5 Å². The Bertz CT molecular complexity index is 2310. The van der Waals surface area contributed by atoms with Gasteiger partial charge in [0.1, 0.15) is 11.5 Å². The van der Waals surface area contributed by atoms with Gasteiger partial charge in [0.05, 0.1) is 0 Å². The molecule has 0 aliphatic carbocycles. The van der Waals surface area contributed by atoms with Crippen LogP contribution in [-0.4, -0.2) is 26.4 Å². The predicted molar refractivity (Wildman–Crippen MR) is 245 cm³/mol. The minimum atomic E-state index is -2.85. The molecule has 8 aromatic carbocycles. The highest BCUT2D eigenvalue weighted by Crippen LogP contribution is 2.45. The van der Waals surface area contributed by atoms with E-state index in [9.17, 15) is 10.2 Å². The third kappa shape index (κ3) is 6.37. The van der Waals surface area contributed by atoms with Gasteiger partial charge in [0.25, 0.3) is 0 Å². The first-order valence-corrected chi connectivity index (χ1v) is 24.7. The molecule has 0 aliphatic heterocycles. The number of fused-ring (bicyclic) bond motifs is 2. The van der Waals surface area contributed by atoms with Crippen LogP contribution in [0.2, 0.25) is 12.1 Å². The summed E-state index contributed by atoms with van der Waals surface area (Å²) in [5, 5.41) is 37.9. The van der Waals surface area contributed by atoms with Crippen LogP contribution >= 0.6 is 0 Å². The van der Waals surface area contributed by atoms with Crippen molar-refractivity contribution in [2.24, 2.45) is 0 Å². The van der Waals surface area contributed by atoms with Crippen molar-refractivity contribution in [2.75, 3.05) is 0 Å². The molecule has 8 rings (SSSR count). The Morgan fingerprint density at radius 1 is 0.375 bits per heavy atom. The summed E-state index contributed by atoms with van der Waals surface area (Å²) in [4.78, 5) is 0. The van der Waals surface area contributed by atoms with Gasteiger partial charge < -0.3 is 10.2 Å². The average Bonchev–Trinajstić information content (AvgIpc) is 3.26. The Morgan fingerprint density at radius 3 is 0.964 bits per heavy atom. The third-order valence-electron chi connectivity index (χ3n) is 12.1. The van der Waals surface area contributed by atoms with Crippen molar-refractivity contribution >= 4 is 68.8 Å².